The molecular weight excluding hydrogens is 240 g/mol. The molecule has 96 valence electrons. The molecule has 0 aromatic rings. The second kappa shape index (κ2) is 11.6. The van der Waals surface area contributed by atoms with Crippen LogP contribution < -0.4 is 0 Å². The SMILES string of the molecule is CCCCCCCCSOC(=O)C(S)CC. The van der Waals surface area contributed by atoms with Crippen molar-refractivity contribution >= 4 is 30.6 Å². The lowest BCUT2D eigenvalue weighted by Gasteiger charge is -2.06. The number of thiol groups is 1. The Morgan fingerprint density at radius 1 is 1.19 bits per heavy atom. The van der Waals surface area contributed by atoms with E-state index in [0.29, 0.717) is 0 Å². The van der Waals surface area contributed by atoms with Gasteiger partial charge in [0.2, 0.25) is 0 Å². The maximum atomic E-state index is 11.2. The molecule has 1 atom stereocenters. The monoisotopic (exact) mass is 264 g/mol. The minimum Gasteiger partial charge on any atom is -0.391 e. The Morgan fingerprint density at radius 2 is 1.81 bits per heavy atom. The summed E-state index contributed by atoms with van der Waals surface area (Å²) in [5.74, 6) is 0.698. The van der Waals surface area contributed by atoms with Crippen molar-refractivity contribution in [3.63, 3.8) is 0 Å². The zero-order chi connectivity index (χ0) is 12.2. The average molecular weight is 264 g/mol. The Bertz CT molecular complexity index is 174. The third kappa shape index (κ3) is 9.40. The van der Waals surface area contributed by atoms with Gasteiger partial charge in [0.1, 0.15) is 5.25 Å². The highest BCUT2D eigenvalue weighted by Crippen LogP contribution is 2.13. The molecule has 0 N–H and O–H groups in total. The number of carbonyl (C=O) groups excluding carboxylic acids is 1. The summed E-state index contributed by atoms with van der Waals surface area (Å²) in [5.41, 5.74) is 0. The van der Waals surface area contributed by atoms with Crippen molar-refractivity contribution in [1.29, 1.82) is 0 Å². The summed E-state index contributed by atoms with van der Waals surface area (Å²) < 4.78 is 5.02. The van der Waals surface area contributed by atoms with E-state index in [9.17, 15) is 4.79 Å². The first-order chi connectivity index (χ1) is 7.72. The molecule has 0 spiro atoms. The van der Waals surface area contributed by atoms with Gasteiger partial charge in [-0.3, -0.25) is 0 Å². The Morgan fingerprint density at radius 3 is 2.44 bits per heavy atom. The number of rotatable bonds is 10. The molecule has 0 saturated carbocycles. The van der Waals surface area contributed by atoms with Gasteiger partial charge in [-0.05, 0) is 12.8 Å². The van der Waals surface area contributed by atoms with E-state index in [0.717, 1.165) is 18.6 Å². The van der Waals surface area contributed by atoms with Crippen LogP contribution in [-0.4, -0.2) is 17.0 Å². The molecule has 0 heterocycles. The molecule has 4 heteroatoms. The molecule has 0 aliphatic heterocycles. The van der Waals surface area contributed by atoms with E-state index in [2.05, 4.69) is 19.6 Å². The molecule has 0 saturated heterocycles. The standard InChI is InChI=1S/C12H24O2S2/c1-3-5-6-7-8-9-10-16-14-12(13)11(15)4-2/h11,15H,3-10H2,1-2H3. The summed E-state index contributed by atoms with van der Waals surface area (Å²) in [5, 5.41) is -0.267. The van der Waals surface area contributed by atoms with Crippen LogP contribution in [0.5, 0.6) is 0 Å². The van der Waals surface area contributed by atoms with E-state index in [1.807, 2.05) is 6.92 Å². The summed E-state index contributed by atoms with van der Waals surface area (Å²) in [6, 6.07) is 0. The summed E-state index contributed by atoms with van der Waals surface area (Å²) in [4.78, 5) is 11.2. The smallest absolute Gasteiger partial charge is 0.330 e. The maximum absolute atomic E-state index is 11.2. The molecule has 0 fully saturated rings. The highest BCUT2D eigenvalue weighted by Gasteiger charge is 2.12. The largest absolute Gasteiger partial charge is 0.391 e. The predicted molar refractivity (Wildman–Crippen MR) is 75.0 cm³/mol. The molecule has 0 radical (unpaired) electrons. The van der Waals surface area contributed by atoms with Gasteiger partial charge >= 0.3 is 5.97 Å². The van der Waals surface area contributed by atoms with Crippen molar-refractivity contribution in [3.05, 3.63) is 0 Å². The van der Waals surface area contributed by atoms with E-state index in [-0.39, 0.29) is 11.2 Å². The van der Waals surface area contributed by atoms with Crippen molar-refractivity contribution in [2.75, 3.05) is 5.75 Å². The van der Waals surface area contributed by atoms with E-state index in [1.165, 1.54) is 44.1 Å². The van der Waals surface area contributed by atoms with Gasteiger partial charge in [-0.1, -0.05) is 46.0 Å². The van der Waals surface area contributed by atoms with Crippen LogP contribution in [0.2, 0.25) is 0 Å². The predicted octanol–water partition coefficient (Wildman–Crippen LogP) is 4.25. The van der Waals surface area contributed by atoms with Crippen molar-refractivity contribution in [2.24, 2.45) is 0 Å². The molecule has 0 amide bonds. The average Bonchev–Trinajstić information content (AvgIpc) is 2.31. The highest BCUT2D eigenvalue weighted by atomic mass is 32.2. The number of carbonyl (C=O) groups is 1. The first-order valence-electron chi connectivity index (χ1n) is 6.23. The van der Waals surface area contributed by atoms with Gasteiger partial charge in [0, 0.05) is 5.75 Å². The Labute approximate surface area is 110 Å². The van der Waals surface area contributed by atoms with E-state index >= 15 is 0 Å². The van der Waals surface area contributed by atoms with E-state index in [1.54, 1.807) is 0 Å². The van der Waals surface area contributed by atoms with Crippen LogP contribution in [0.4, 0.5) is 0 Å². The quantitative estimate of drug-likeness (QED) is 0.363. The summed E-state index contributed by atoms with van der Waals surface area (Å²) in [6.07, 6.45) is 8.34. The molecule has 0 rings (SSSR count). The van der Waals surface area contributed by atoms with Gasteiger partial charge < -0.3 is 4.18 Å². The van der Waals surface area contributed by atoms with Crippen molar-refractivity contribution in [3.8, 4) is 0 Å². The first kappa shape index (κ1) is 16.2. The normalized spacial score (nSPS) is 12.4. The van der Waals surface area contributed by atoms with Crippen LogP contribution in [0.15, 0.2) is 0 Å². The zero-order valence-corrected chi connectivity index (χ0v) is 12.1. The number of hydrogen-bond acceptors (Lipinski definition) is 4. The van der Waals surface area contributed by atoms with Gasteiger partial charge in [0.25, 0.3) is 0 Å². The second-order valence-corrected chi connectivity index (χ2v) is 5.35. The van der Waals surface area contributed by atoms with E-state index < -0.39 is 0 Å². The molecule has 16 heavy (non-hydrogen) atoms. The topological polar surface area (TPSA) is 26.3 Å². The van der Waals surface area contributed by atoms with Crippen LogP contribution in [0.3, 0.4) is 0 Å². The fraction of sp³-hybridized carbons (Fsp3) is 0.917. The second-order valence-electron chi connectivity index (χ2n) is 3.92. The van der Waals surface area contributed by atoms with Crippen molar-refractivity contribution < 1.29 is 8.98 Å². The van der Waals surface area contributed by atoms with Crippen LogP contribution in [0, 0.1) is 0 Å². The lowest BCUT2D eigenvalue weighted by atomic mass is 10.1. The van der Waals surface area contributed by atoms with Gasteiger partial charge in [-0.25, -0.2) is 4.79 Å². The van der Waals surface area contributed by atoms with Gasteiger partial charge in [-0.2, -0.15) is 12.6 Å². The van der Waals surface area contributed by atoms with Crippen LogP contribution >= 0.6 is 24.7 Å². The molecule has 0 bridgehead atoms. The summed E-state index contributed by atoms with van der Waals surface area (Å²) >= 11 is 5.39. The fourth-order valence-corrected chi connectivity index (χ4v) is 2.02. The molecular formula is C12H24O2S2. The van der Waals surface area contributed by atoms with Crippen LogP contribution in [0.1, 0.15) is 58.8 Å². The van der Waals surface area contributed by atoms with Crippen LogP contribution in [0.25, 0.3) is 0 Å². The zero-order valence-electron chi connectivity index (χ0n) is 10.4. The number of unbranched alkanes of at least 4 members (excludes halogenated alkanes) is 5. The molecule has 0 aliphatic rings. The molecule has 0 aromatic heterocycles. The Balaban J connectivity index is 3.18. The van der Waals surface area contributed by atoms with E-state index in [4.69, 9.17) is 4.18 Å². The minimum atomic E-state index is -0.267. The third-order valence-corrected chi connectivity index (χ3v) is 3.69. The van der Waals surface area contributed by atoms with Gasteiger partial charge in [0.05, 0.1) is 12.0 Å². The fourth-order valence-electron chi connectivity index (χ4n) is 1.26. The number of hydrogen-bond donors (Lipinski definition) is 1. The summed E-state index contributed by atoms with van der Waals surface area (Å²) in [7, 11) is 0. The maximum Gasteiger partial charge on any atom is 0.330 e. The Hall–Kier alpha value is 0.170. The lowest BCUT2D eigenvalue weighted by Crippen LogP contribution is -2.14. The van der Waals surface area contributed by atoms with Gasteiger partial charge in [-0.15, -0.1) is 0 Å². The van der Waals surface area contributed by atoms with Crippen molar-refractivity contribution in [2.45, 2.75) is 64.0 Å². The lowest BCUT2D eigenvalue weighted by molar-refractivity contribution is -0.132. The van der Waals surface area contributed by atoms with Crippen LogP contribution in [-0.2, 0) is 8.98 Å². The van der Waals surface area contributed by atoms with Gasteiger partial charge in [0.15, 0.2) is 0 Å². The molecule has 0 aliphatic carbocycles. The first-order valence-corrected chi connectivity index (χ1v) is 7.66. The minimum absolute atomic E-state index is 0.207. The summed E-state index contributed by atoms with van der Waals surface area (Å²) in [6.45, 7) is 4.15. The molecule has 1 unspecified atom stereocenters. The Kier molecular flexibility index (Phi) is 11.8. The third-order valence-electron chi connectivity index (χ3n) is 2.38. The van der Waals surface area contributed by atoms with Crippen molar-refractivity contribution in [1.82, 2.24) is 0 Å². The molecule has 0 aromatic carbocycles. The molecule has 2 nitrogen and oxygen atoms in total. The highest BCUT2D eigenvalue weighted by molar-refractivity contribution is 7.95.